The highest BCUT2D eigenvalue weighted by Crippen LogP contribution is 2.29. The zero-order valence-corrected chi connectivity index (χ0v) is 11.0. The molecule has 100 valence electrons. The van der Waals surface area contributed by atoms with Crippen LogP contribution in [0.3, 0.4) is 0 Å². The second-order valence-electron chi connectivity index (χ2n) is 4.73. The molecule has 1 aliphatic rings. The SMILES string of the molecule is COc1cc(C(C)NC2CCCOC2)ccc1O. The highest BCUT2D eigenvalue weighted by atomic mass is 16.5. The van der Waals surface area contributed by atoms with Gasteiger partial charge in [0.05, 0.1) is 13.7 Å². The van der Waals surface area contributed by atoms with E-state index < -0.39 is 0 Å². The fourth-order valence-electron chi connectivity index (χ4n) is 2.29. The first-order valence-corrected chi connectivity index (χ1v) is 6.41. The third-order valence-corrected chi connectivity index (χ3v) is 3.35. The maximum absolute atomic E-state index is 9.57. The Hall–Kier alpha value is -1.26. The van der Waals surface area contributed by atoms with Gasteiger partial charge in [-0.15, -0.1) is 0 Å². The zero-order chi connectivity index (χ0) is 13.0. The van der Waals surface area contributed by atoms with E-state index in [4.69, 9.17) is 9.47 Å². The number of rotatable bonds is 4. The molecule has 0 aromatic heterocycles. The Bertz CT molecular complexity index is 389. The van der Waals surface area contributed by atoms with Crippen LogP contribution in [0.2, 0.25) is 0 Å². The Balaban J connectivity index is 2.01. The van der Waals surface area contributed by atoms with Crippen LogP contribution in [0.15, 0.2) is 18.2 Å². The topological polar surface area (TPSA) is 50.7 Å². The third kappa shape index (κ3) is 3.15. The average molecular weight is 251 g/mol. The highest BCUT2D eigenvalue weighted by molar-refractivity contribution is 5.42. The van der Waals surface area contributed by atoms with Gasteiger partial charge in [-0.3, -0.25) is 0 Å². The molecule has 0 bridgehead atoms. The van der Waals surface area contributed by atoms with Crippen molar-refractivity contribution in [3.63, 3.8) is 0 Å². The molecule has 1 heterocycles. The van der Waals surface area contributed by atoms with E-state index in [1.165, 1.54) is 0 Å². The molecule has 4 heteroatoms. The minimum atomic E-state index is 0.175. The largest absolute Gasteiger partial charge is 0.504 e. The number of aromatic hydroxyl groups is 1. The molecule has 1 aromatic carbocycles. The molecule has 1 fully saturated rings. The Labute approximate surface area is 108 Å². The summed E-state index contributed by atoms with van der Waals surface area (Å²) in [5, 5.41) is 13.1. The van der Waals surface area contributed by atoms with Crippen molar-refractivity contribution in [3.05, 3.63) is 23.8 Å². The fraction of sp³-hybridized carbons (Fsp3) is 0.571. The first-order valence-electron chi connectivity index (χ1n) is 6.41. The van der Waals surface area contributed by atoms with Crippen LogP contribution in [0, 0.1) is 0 Å². The smallest absolute Gasteiger partial charge is 0.160 e. The summed E-state index contributed by atoms with van der Waals surface area (Å²) in [6.45, 7) is 3.76. The molecule has 0 amide bonds. The summed E-state index contributed by atoms with van der Waals surface area (Å²) in [5.74, 6) is 0.690. The van der Waals surface area contributed by atoms with Gasteiger partial charge in [-0.1, -0.05) is 6.07 Å². The van der Waals surface area contributed by atoms with Crippen LogP contribution >= 0.6 is 0 Å². The Morgan fingerprint density at radius 2 is 2.33 bits per heavy atom. The number of hydrogen-bond donors (Lipinski definition) is 2. The molecule has 4 nitrogen and oxygen atoms in total. The number of phenols is 1. The van der Waals surface area contributed by atoms with E-state index in [0.29, 0.717) is 11.8 Å². The van der Waals surface area contributed by atoms with Crippen LogP contribution in [0.5, 0.6) is 11.5 Å². The Kier molecular flexibility index (Phi) is 4.44. The summed E-state index contributed by atoms with van der Waals surface area (Å²) in [4.78, 5) is 0. The lowest BCUT2D eigenvalue weighted by atomic mass is 10.0. The summed E-state index contributed by atoms with van der Waals surface area (Å²) >= 11 is 0. The van der Waals surface area contributed by atoms with Crippen molar-refractivity contribution in [2.75, 3.05) is 20.3 Å². The molecule has 0 spiro atoms. The lowest BCUT2D eigenvalue weighted by molar-refractivity contribution is 0.0671. The summed E-state index contributed by atoms with van der Waals surface area (Å²) in [5.41, 5.74) is 1.11. The predicted molar refractivity (Wildman–Crippen MR) is 70.1 cm³/mol. The molecule has 1 aromatic rings. The van der Waals surface area contributed by atoms with Crippen LogP contribution in [0.4, 0.5) is 0 Å². The minimum Gasteiger partial charge on any atom is -0.504 e. The Morgan fingerprint density at radius 1 is 1.50 bits per heavy atom. The summed E-state index contributed by atoms with van der Waals surface area (Å²) in [6.07, 6.45) is 2.27. The van der Waals surface area contributed by atoms with E-state index in [1.807, 2.05) is 12.1 Å². The van der Waals surface area contributed by atoms with Crippen molar-refractivity contribution < 1.29 is 14.6 Å². The van der Waals surface area contributed by atoms with Gasteiger partial charge in [0, 0.05) is 18.7 Å². The summed E-state index contributed by atoms with van der Waals surface area (Å²) < 4.78 is 10.6. The molecule has 1 saturated heterocycles. The zero-order valence-electron chi connectivity index (χ0n) is 11.0. The lowest BCUT2D eigenvalue weighted by Gasteiger charge is -2.27. The molecule has 2 N–H and O–H groups in total. The van der Waals surface area contributed by atoms with Crippen molar-refractivity contribution in [3.8, 4) is 11.5 Å². The second kappa shape index (κ2) is 6.07. The molecular weight excluding hydrogens is 230 g/mol. The van der Waals surface area contributed by atoms with Crippen LogP contribution < -0.4 is 10.1 Å². The van der Waals surface area contributed by atoms with Crippen molar-refractivity contribution in [2.45, 2.75) is 31.8 Å². The summed E-state index contributed by atoms with van der Waals surface area (Å²) in [7, 11) is 1.56. The van der Waals surface area contributed by atoms with Crippen LogP contribution in [0.25, 0.3) is 0 Å². The molecule has 1 aliphatic heterocycles. The second-order valence-corrected chi connectivity index (χ2v) is 4.73. The van der Waals surface area contributed by atoms with E-state index in [9.17, 15) is 5.11 Å². The van der Waals surface area contributed by atoms with Crippen molar-refractivity contribution in [1.82, 2.24) is 5.32 Å². The first-order chi connectivity index (χ1) is 8.70. The third-order valence-electron chi connectivity index (χ3n) is 3.35. The monoisotopic (exact) mass is 251 g/mol. The van der Waals surface area contributed by atoms with Crippen molar-refractivity contribution in [1.29, 1.82) is 0 Å². The summed E-state index contributed by atoms with van der Waals surface area (Å²) in [6, 6.07) is 6.08. The van der Waals surface area contributed by atoms with Gasteiger partial charge < -0.3 is 19.9 Å². The standard InChI is InChI=1S/C14H21NO3/c1-10(15-12-4-3-7-18-9-12)11-5-6-13(16)14(8-11)17-2/h5-6,8,10,12,15-16H,3-4,7,9H2,1-2H3. The van der Waals surface area contributed by atoms with Crippen molar-refractivity contribution in [2.24, 2.45) is 0 Å². The molecular formula is C14H21NO3. The van der Waals surface area contributed by atoms with E-state index in [2.05, 4.69) is 12.2 Å². The van der Waals surface area contributed by atoms with Gasteiger partial charge in [-0.25, -0.2) is 0 Å². The van der Waals surface area contributed by atoms with E-state index in [1.54, 1.807) is 13.2 Å². The molecule has 18 heavy (non-hydrogen) atoms. The van der Waals surface area contributed by atoms with Gasteiger partial charge in [0.1, 0.15) is 0 Å². The number of benzene rings is 1. The number of ether oxygens (including phenoxy) is 2. The molecule has 0 saturated carbocycles. The van der Waals surface area contributed by atoms with E-state index in [-0.39, 0.29) is 11.8 Å². The molecule has 0 aliphatic carbocycles. The van der Waals surface area contributed by atoms with Crippen LogP contribution in [-0.4, -0.2) is 31.5 Å². The number of methoxy groups -OCH3 is 1. The molecule has 2 unspecified atom stereocenters. The van der Waals surface area contributed by atoms with Crippen LogP contribution in [0.1, 0.15) is 31.4 Å². The predicted octanol–water partition coefficient (Wildman–Crippen LogP) is 2.23. The van der Waals surface area contributed by atoms with Gasteiger partial charge >= 0.3 is 0 Å². The molecule has 0 radical (unpaired) electrons. The normalized spacial score (nSPS) is 21.6. The van der Waals surface area contributed by atoms with Gasteiger partial charge in [0.2, 0.25) is 0 Å². The van der Waals surface area contributed by atoms with Crippen molar-refractivity contribution >= 4 is 0 Å². The van der Waals surface area contributed by atoms with Gasteiger partial charge in [-0.05, 0) is 37.5 Å². The lowest BCUT2D eigenvalue weighted by Crippen LogP contribution is -2.38. The maximum atomic E-state index is 9.57. The maximum Gasteiger partial charge on any atom is 0.160 e. The van der Waals surface area contributed by atoms with E-state index in [0.717, 1.165) is 31.6 Å². The van der Waals surface area contributed by atoms with Gasteiger partial charge in [0.25, 0.3) is 0 Å². The molecule has 2 rings (SSSR count). The van der Waals surface area contributed by atoms with E-state index >= 15 is 0 Å². The fourth-order valence-corrected chi connectivity index (χ4v) is 2.29. The minimum absolute atomic E-state index is 0.175. The Morgan fingerprint density at radius 3 is 3.00 bits per heavy atom. The van der Waals surface area contributed by atoms with Gasteiger partial charge in [0.15, 0.2) is 11.5 Å². The average Bonchev–Trinajstić information content (AvgIpc) is 2.40. The molecule has 2 atom stereocenters. The van der Waals surface area contributed by atoms with Gasteiger partial charge in [-0.2, -0.15) is 0 Å². The van der Waals surface area contributed by atoms with Crippen LogP contribution in [-0.2, 0) is 4.74 Å². The highest BCUT2D eigenvalue weighted by Gasteiger charge is 2.17. The number of phenolic OH excluding ortho intramolecular Hbond substituents is 1. The quantitative estimate of drug-likeness (QED) is 0.861. The number of nitrogens with one attached hydrogen (secondary N) is 1. The number of hydrogen-bond acceptors (Lipinski definition) is 4. The first kappa shape index (κ1) is 13.2.